The minimum absolute atomic E-state index is 0.0136. The van der Waals surface area contributed by atoms with Crippen molar-refractivity contribution in [2.24, 2.45) is 0 Å². The molecule has 0 amide bonds. The van der Waals surface area contributed by atoms with Gasteiger partial charge in [-0.1, -0.05) is 24.3 Å². The molecule has 1 unspecified atom stereocenters. The van der Waals surface area contributed by atoms with E-state index in [1.54, 1.807) is 13.3 Å². The van der Waals surface area contributed by atoms with E-state index in [9.17, 15) is 0 Å². The number of benzene rings is 1. The minimum atomic E-state index is -0.0136. The van der Waals surface area contributed by atoms with E-state index in [0.29, 0.717) is 5.69 Å². The summed E-state index contributed by atoms with van der Waals surface area (Å²) in [5.41, 5.74) is 15.4. The lowest BCUT2D eigenvalue weighted by Gasteiger charge is -2.34. The fourth-order valence-corrected chi connectivity index (χ4v) is 3.68. The monoisotopic (exact) mass is 335 g/mol. The van der Waals surface area contributed by atoms with Crippen molar-refractivity contribution >= 4 is 11.4 Å². The van der Waals surface area contributed by atoms with Crippen molar-refractivity contribution in [3.8, 4) is 5.75 Å². The third kappa shape index (κ3) is 2.78. The zero-order chi connectivity index (χ0) is 18.3. The van der Waals surface area contributed by atoms with E-state index in [4.69, 9.17) is 10.5 Å². The van der Waals surface area contributed by atoms with Crippen molar-refractivity contribution in [2.45, 2.75) is 33.6 Å². The molecule has 130 valence electrons. The number of nitrogens with zero attached hydrogens (tertiary/aromatic N) is 1. The van der Waals surface area contributed by atoms with Gasteiger partial charge in [0.05, 0.1) is 24.7 Å². The molecule has 0 fully saturated rings. The second-order valence-corrected chi connectivity index (χ2v) is 6.71. The highest BCUT2D eigenvalue weighted by Gasteiger charge is 2.33. The van der Waals surface area contributed by atoms with Crippen LogP contribution in [0.25, 0.3) is 0 Å². The highest BCUT2D eigenvalue weighted by molar-refractivity contribution is 5.79. The van der Waals surface area contributed by atoms with Crippen molar-refractivity contribution in [1.82, 2.24) is 4.98 Å². The smallest absolute Gasteiger partial charge is 0.123 e. The molecule has 1 aliphatic rings. The Balaban J connectivity index is 2.37. The first-order chi connectivity index (χ1) is 11.8. The van der Waals surface area contributed by atoms with Gasteiger partial charge in [0.1, 0.15) is 5.75 Å². The summed E-state index contributed by atoms with van der Waals surface area (Å²) in [6.07, 6.45) is 1.71. The van der Waals surface area contributed by atoms with Gasteiger partial charge in [0, 0.05) is 28.4 Å². The molecule has 0 bridgehead atoms. The number of methoxy groups -OCH3 is 1. The third-order valence-corrected chi connectivity index (χ3v) is 4.80. The summed E-state index contributed by atoms with van der Waals surface area (Å²) in [5, 5.41) is 3.46. The molecule has 1 aromatic heterocycles. The van der Waals surface area contributed by atoms with Crippen LogP contribution in [0.15, 0.2) is 47.8 Å². The van der Waals surface area contributed by atoms with Gasteiger partial charge < -0.3 is 15.8 Å². The molecule has 4 nitrogen and oxygen atoms in total. The molecular formula is C21H25N3O. The van der Waals surface area contributed by atoms with Gasteiger partial charge in [-0.3, -0.25) is 4.98 Å². The normalized spacial score (nSPS) is 16.3. The number of nitrogens with one attached hydrogen (secondary N) is 1. The molecule has 1 aromatic carbocycles. The first-order valence-corrected chi connectivity index (χ1v) is 8.38. The summed E-state index contributed by atoms with van der Waals surface area (Å²) >= 11 is 0. The summed E-state index contributed by atoms with van der Waals surface area (Å²) in [5.74, 6) is 0.853. The van der Waals surface area contributed by atoms with Gasteiger partial charge in [0.2, 0.25) is 0 Å². The molecule has 2 heterocycles. The number of pyridine rings is 1. The van der Waals surface area contributed by atoms with E-state index in [-0.39, 0.29) is 5.92 Å². The number of aryl methyl sites for hydroxylation is 2. The lowest BCUT2D eigenvalue weighted by atomic mass is 9.77. The van der Waals surface area contributed by atoms with Crippen LogP contribution in [0, 0.1) is 13.8 Å². The molecule has 0 aliphatic carbocycles. The zero-order valence-electron chi connectivity index (χ0n) is 15.5. The summed E-state index contributed by atoms with van der Waals surface area (Å²) in [4.78, 5) is 4.50. The number of nitrogen functional groups attached to an aromatic ring is 1. The van der Waals surface area contributed by atoms with E-state index in [1.807, 2.05) is 13.8 Å². The first-order valence-electron chi connectivity index (χ1n) is 8.38. The Hall–Kier alpha value is -2.75. The van der Waals surface area contributed by atoms with Crippen LogP contribution in [0.2, 0.25) is 0 Å². The standard InChI is InChI=1S/C21H25N3O/c1-11(2)18-14(5)24-21-16(22)10-23-13(4)19(21)20(18)15-8-7-12(3)9-17(15)25-6/h7-10,20,24H,1,22H2,2-6H3. The number of hydrogen-bond donors (Lipinski definition) is 2. The Morgan fingerprint density at radius 2 is 2.00 bits per heavy atom. The van der Waals surface area contributed by atoms with Gasteiger partial charge >= 0.3 is 0 Å². The number of fused-ring (bicyclic) bond motifs is 1. The molecular weight excluding hydrogens is 310 g/mol. The van der Waals surface area contributed by atoms with Gasteiger partial charge in [0.25, 0.3) is 0 Å². The van der Waals surface area contributed by atoms with E-state index in [0.717, 1.165) is 50.7 Å². The van der Waals surface area contributed by atoms with Gasteiger partial charge in [-0.15, -0.1) is 0 Å². The molecule has 25 heavy (non-hydrogen) atoms. The number of anilines is 2. The second kappa shape index (κ2) is 6.28. The van der Waals surface area contributed by atoms with Crippen molar-refractivity contribution < 1.29 is 4.74 Å². The van der Waals surface area contributed by atoms with Gasteiger partial charge in [-0.25, -0.2) is 0 Å². The summed E-state index contributed by atoms with van der Waals surface area (Å²) in [7, 11) is 1.71. The topological polar surface area (TPSA) is 60.2 Å². The van der Waals surface area contributed by atoms with Crippen molar-refractivity contribution in [3.05, 3.63) is 70.2 Å². The molecule has 1 aliphatic heterocycles. The van der Waals surface area contributed by atoms with Crippen LogP contribution in [0.5, 0.6) is 5.75 Å². The lowest BCUT2D eigenvalue weighted by Crippen LogP contribution is -2.21. The number of nitrogens with two attached hydrogens (primary N) is 1. The summed E-state index contributed by atoms with van der Waals surface area (Å²) in [6.45, 7) is 12.4. The van der Waals surface area contributed by atoms with Gasteiger partial charge in [-0.2, -0.15) is 0 Å². The zero-order valence-corrected chi connectivity index (χ0v) is 15.5. The minimum Gasteiger partial charge on any atom is -0.496 e. The highest BCUT2D eigenvalue weighted by Crippen LogP contribution is 2.49. The van der Waals surface area contributed by atoms with E-state index < -0.39 is 0 Å². The number of ether oxygens (including phenoxy) is 1. The van der Waals surface area contributed by atoms with Crippen molar-refractivity contribution in [1.29, 1.82) is 0 Å². The van der Waals surface area contributed by atoms with Gasteiger partial charge in [0.15, 0.2) is 0 Å². The molecule has 0 saturated heterocycles. The quantitative estimate of drug-likeness (QED) is 0.854. The predicted molar refractivity (Wildman–Crippen MR) is 104 cm³/mol. The number of aromatic nitrogens is 1. The third-order valence-electron chi connectivity index (χ3n) is 4.80. The molecule has 0 saturated carbocycles. The number of rotatable bonds is 3. The number of hydrogen-bond acceptors (Lipinski definition) is 4. The lowest BCUT2D eigenvalue weighted by molar-refractivity contribution is 0.408. The Morgan fingerprint density at radius 1 is 1.28 bits per heavy atom. The maximum absolute atomic E-state index is 6.23. The van der Waals surface area contributed by atoms with Gasteiger partial charge in [-0.05, 0) is 44.9 Å². The van der Waals surface area contributed by atoms with Crippen LogP contribution in [-0.4, -0.2) is 12.1 Å². The molecule has 1 atom stereocenters. The highest BCUT2D eigenvalue weighted by atomic mass is 16.5. The Bertz CT molecular complexity index is 896. The number of allylic oxidation sites excluding steroid dienone is 3. The van der Waals surface area contributed by atoms with E-state index in [1.165, 1.54) is 0 Å². The SMILES string of the molecule is C=C(C)C1=C(C)Nc2c(N)cnc(C)c2C1c1ccc(C)cc1OC. The Kier molecular flexibility index (Phi) is 4.29. The van der Waals surface area contributed by atoms with Crippen LogP contribution in [0.1, 0.15) is 42.1 Å². The summed E-state index contributed by atoms with van der Waals surface area (Å²) < 4.78 is 5.70. The maximum Gasteiger partial charge on any atom is 0.123 e. The fraction of sp³-hybridized carbons (Fsp3) is 0.286. The van der Waals surface area contributed by atoms with Crippen LogP contribution >= 0.6 is 0 Å². The van der Waals surface area contributed by atoms with Crippen LogP contribution in [0.4, 0.5) is 11.4 Å². The molecule has 3 N–H and O–H groups in total. The van der Waals surface area contributed by atoms with E-state index in [2.05, 4.69) is 48.9 Å². The summed E-state index contributed by atoms with van der Waals surface area (Å²) in [6, 6.07) is 6.31. The average Bonchev–Trinajstić information content (AvgIpc) is 2.56. The second-order valence-electron chi connectivity index (χ2n) is 6.71. The van der Waals surface area contributed by atoms with Crippen LogP contribution in [-0.2, 0) is 0 Å². The molecule has 4 heteroatoms. The van der Waals surface area contributed by atoms with Crippen LogP contribution < -0.4 is 15.8 Å². The fourth-order valence-electron chi connectivity index (χ4n) is 3.68. The van der Waals surface area contributed by atoms with Crippen LogP contribution in [0.3, 0.4) is 0 Å². The van der Waals surface area contributed by atoms with Crippen molar-refractivity contribution in [2.75, 3.05) is 18.2 Å². The van der Waals surface area contributed by atoms with E-state index >= 15 is 0 Å². The average molecular weight is 335 g/mol. The molecule has 3 rings (SSSR count). The Labute approximate surface area is 149 Å². The maximum atomic E-state index is 6.23. The van der Waals surface area contributed by atoms with Crippen molar-refractivity contribution in [3.63, 3.8) is 0 Å². The molecule has 0 radical (unpaired) electrons. The molecule has 0 spiro atoms. The first kappa shape index (κ1) is 17.1. The largest absolute Gasteiger partial charge is 0.496 e. The Morgan fingerprint density at radius 3 is 2.64 bits per heavy atom. The predicted octanol–water partition coefficient (Wildman–Crippen LogP) is 4.70. The molecule has 2 aromatic rings.